The van der Waals surface area contributed by atoms with Gasteiger partial charge in [0, 0.05) is 0 Å². The molecule has 0 fully saturated rings. The molecule has 0 radical (unpaired) electrons. The first-order valence-electron chi connectivity index (χ1n) is 3.34. The van der Waals surface area contributed by atoms with Gasteiger partial charge in [-0.1, -0.05) is 0 Å². The molecule has 0 atom stereocenters. The van der Waals surface area contributed by atoms with Gasteiger partial charge in [-0.3, -0.25) is 0 Å². The van der Waals surface area contributed by atoms with Crippen molar-refractivity contribution in [1.82, 2.24) is 4.90 Å². The zero-order valence-electron chi connectivity index (χ0n) is 8.80. The molecular weight excluding hydrogens is 205 g/mol. The Morgan fingerprint density at radius 3 is 1.77 bits per heavy atom. The second-order valence-corrected chi connectivity index (χ2v) is 2.51. The fraction of sp³-hybridized carbons (Fsp3) is 0.182. The molecule has 0 rings (SSSR count). The topological polar surface area (TPSA) is 3.24 Å². The predicted octanol–water partition coefficient (Wildman–Crippen LogP) is 2.42. The molecule has 0 aliphatic rings. The molecule has 0 aliphatic carbocycles. The Balaban J connectivity index is -0.000000500. The first kappa shape index (κ1) is 18.2. The van der Waals surface area contributed by atoms with E-state index in [9.17, 15) is 0 Å². The number of hydrogen-bond donors (Lipinski definition) is 0. The van der Waals surface area contributed by atoms with Crippen LogP contribution in [0.25, 0.3) is 0 Å². The molecule has 0 aliphatic heterocycles. The van der Waals surface area contributed by atoms with Crippen LogP contribution in [0.4, 0.5) is 0 Å². The zero-order chi connectivity index (χ0) is 8.53. The van der Waals surface area contributed by atoms with E-state index >= 15 is 0 Å². The van der Waals surface area contributed by atoms with Gasteiger partial charge in [0.2, 0.25) is 0 Å². The molecular formula is C11H19NNi-2. The maximum atomic E-state index is 4.34. The van der Waals surface area contributed by atoms with E-state index in [0.717, 1.165) is 0 Å². The van der Waals surface area contributed by atoms with Crippen LogP contribution in [-0.4, -0.2) is 24.0 Å². The molecule has 0 N–H and O–H groups in total. The van der Waals surface area contributed by atoms with Gasteiger partial charge in [0.15, 0.2) is 0 Å². The SMILES string of the molecule is CN(C)/C=C/C=C/C=C/[CH]=[Ni].[CH3-].[CH3-]. The molecule has 0 saturated heterocycles. The molecule has 80 valence electrons. The third-order valence-electron chi connectivity index (χ3n) is 0.890. The van der Waals surface area contributed by atoms with Crippen LogP contribution in [0.15, 0.2) is 36.6 Å². The van der Waals surface area contributed by atoms with Crippen LogP contribution in [-0.2, 0) is 15.0 Å². The van der Waals surface area contributed by atoms with Crippen molar-refractivity contribution in [2.24, 2.45) is 0 Å². The van der Waals surface area contributed by atoms with Gasteiger partial charge in [0.25, 0.3) is 0 Å². The Hall–Kier alpha value is -0.616. The quantitative estimate of drug-likeness (QED) is 0.402. The standard InChI is InChI=1S/C9H13N.2CH3.Ni/c1-4-5-6-7-8-9-10(2)3;;;/h1,4-9H,2-3H3;2*1H3;/q;2*-1;/b5-4+,7-6+,9-8+;;;. The first-order chi connectivity index (χ1) is 5.27. The predicted molar refractivity (Wildman–Crippen MR) is 60.0 cm³/mol. The molecule has 0 heterocycles. The molecule has 0 saturated carbocycles. The molecule has 13 heavy (non-hydrogen) atoms. The van der Waals surface area contributed by atoms with Crippen LogP contribution in [0.5, 0.6) is 0 Å². The molecule has 0 aromatic carbocycles. The van der Waals surface area contributed by atoms with E-state index in [1.54, 1.807) is 4.99 Å². The van der Waals surface area contributed by atoms with Crippen molar-refractivity contribution in [2.75, 3.05) is 14.1 Å². The third-order valence-corrected chi connectivity index (χ3v) is 1.08. The maximum absolute atomic E-state index is 4.34. The van der Waals surface area contributed by atoms with E-state index < -0.39 is 0 Å². The first-order valence-corrected chi connectivity index (χ1v) is 3.91. The Morgan fingerprint density at radius 1 is 0.846 bits per heavy atom. The maximum Gasteiger partial charge on any atom is -0.358 e. The summed E-state index contributed by atoms with van der Waals surface area (Å²) in [7, 11) is 3.97. The fourth-order valence-corrected chi connectivity index (χ4v) is 0.559. The third kappa shape index (κ3) is 18.4. The molecule has 0 aromatic rings. The van der Waals surface area contributed by atoms with Gasteiger partial charge in [-0.25, -0.2) is 0 Å². The Labute approximate surface area is 90.7 Å². The van der Waals surface area contributed by atoms with Crippen LogP contribution in [0.3, 0.4) is 0 Å². The van der Waals surface area contributed by atoms with Gasteiger partial charge in [-0.05, 0) is 0 Å². The van der Waals surface area contributed by atoms with E-state index in [4.69, 9.17) is 0 Å². The zero-order valence-corrected chi connectivity index (χ0v) is 9.79. The van der Waals surface area contributed by atoms with Gasteiger partial charge < -0.3 is 14.9 Å². The Kier molecular flexibility index (Phi) is 19.5. The number of allylic oxidation sites excluding steroid dienone is 5. The molecule has 0 amide bonds. The van der Waals surface area contributed by atoms with Crippen LogP contribution in [0.1, 0.15) is 0 Å². The van der Waals surface area contributed by atoms with Crippen LogP contribution in [0.2, 0.25) is 0 Å². The van der Waals surface area contributed by atoms with E-state index in [-0.39, 0.29) is 14.9 Å². The average Bonchev–Trinajstić information content (AvgIpc) is 1.96. The molecule has 0 bridgehead atoms. The molecule has 1 nitrogen and oxygen atoms in total. The Morgan fingerprint density at radius 2 is 1.31 bits per heavy atom. The van der Waals surface area contributed by atoms with Gasteiger partial charge >= 0.3 is 75.6 Å². The number of rotatable bonds is 4. The van der Waals surface area contributed by atoms with Gasteiger partial charge in [0.1, 0.15) is 0 Å². The minimum atomic E-state index is 0. The summed E-state index contributed by atoms with van der Waals surface area (Å²) in [6, 6.07) is 0. The smallest absolute Gasteiger partial charge is 0.358 e. The summed E-state index contributed by atoms with van der Waals surface area (Å²) >= 11 is 4.34. The van der Waals surface area contributed by atoms with Crippen LogP contribution in [0, 0.1) is 14.9 Å². The fourth-order valence-electron chi connectivity index (χ4n) is 0.449. The van der Waals surface area contributed by atoms with Crippen molar-refractivity contribution in [3.63, 3.8) is 0 Å². The number of hydrogen-bond acceptors (Lipinski definition) is 1. The largest absolute Gasteiger partial charge is 0.358 e. The monoisotopic (exact) mass is 223 g/mol. The van der Waals surface area contributed by atoms with Crippen molar-refractivity contribution in [1.29, 1.82) is 0 Å². The summed E-state index contributed by atoms with van der Waals surface area (Å²) in [5.74, 6) is 0. The number of nitrogens with zero attached hydrogens (tertiary/aromatic N) is 1. The van der Waals surface area contributed by atoms with E-state index in [1.165, 1.54) is 0 Å². The minimum Gasteiger partial charge on any atom is -0.358 e. The van der Waals surface area contributed by atoms with Crippen molar-refractivity contribution in [3.05, 3.63) is 51.4 Å². The van der Waals surface area contributed by atoms with Gasteiger partial charge in [0.05, 0.1) is 0 Å². The van der Waals surface area contributed by atoms with Crippen molar-refractivity contribution in [3.8, 4) is 0 Å². The summed E-state index contributed by atoms with van der Waals surface area (Å²) < 4.78 is 0. The summed E-state index contributed by atoms with van der Waals surface area (Å²) in [5.41, 5.74) is 0. The second-order valence-electron chi connectivity index (χ2n) is 2.18. The van der Waals surface area contributed by atoms with Crippen molar-refractivity contribution >= 4 is 4.99 Å². The minimum absolute atomic E-state index is 0. The second kappa shape index (κ2) is 13.9. The van der Waals surface area contributed by atoms with Crippen LogP contribution < -0.4 is 0 Å². The molecule has 0 unspecified atom stereocenters. The summed E-state index contributed by atoms with van der Waals surface area (Å²) in [5, 5.41) is 0. The summed E-state index contributed by atoms with van der Waals surface area (Å²) in [6.07, 6.45) is 11.6. The normalized spacial score (nSPS) is 10.2. The Bertz CT molecular complexity index is 179. The van der Waals surface area contributed by atoms with E-state index in [1.807, 2.05) is 55.6 Å². The van der Waals surface area contributed by atoms with Crippen molar-refractivity contribution < 1.29 is 15.0 Å². The molecule has 0 aromatic heterocycles. The van der Waals surface area contributed by atoms with Gasteiger partial charge in [-0.2, -0.15) is 0 Å². The average molecular weight is 224 g/mol. The molecule has 0 spiro atoms. The van der Waals surface area contributed by atoms with Crippen LogP contribution >= 0.6 is 0 Å². The van der Waals surface area contributed by atoms with Crippen molar-refractivity contribution in [2.45, 2.75) is 0 Å². The summed E-state index contributed by atoms with van der Waals surface area (Å²) in [6.45, 7) is 0. The molecule has 2 heteroatoms. The van der Waals surface area contributed by atoms with E-state index in [2.05, 4.69) is 15.0 Å². The van der Waals surface area contributed by atoms with E-state index in [0.29, 0.717) is 0 Å². The van der Waals surface area contributed by atoms with Gasteiger partial charge in [-0.15, -0.1) is 0 Å². The summed E-state index contributed by atoms with van der Waals surface area (Å²) in [4.78, 5) is 3.61.